The number of benzene rings is 1. The van der Waals surface area contributed by atoms with Crippen molar-refractivity contribution in [1.82, 2.24) is 10.1 Å². The van der Waals surface area contributed by atoms with Crippen molar-refractivity contribution in [2.24, 2.45) is 0 Å². The van der Waals surface area contributed by atoms with Crippen LogP contribution < -0.4 is 15.0 Å². The minimum absolute atomic E-state index is 0.0682. The van der Waals surface area contributed by atoms with E-state index in [1.807, 2.05) is 6.92 Å². The van der Waals surface area contributed by atoms with Crippen LogP contribution in [0.2, 0.25) is 0 Å². The van der Waals surface area contributed by atoms with Crippen molar-refractivity contribution in [2.45, 2.75) is 46.6 Å². The summed E-state index contributed by atoms with van der Waals surface area (Å²) < 4.78 is 10.2. The van der Waals surface area contributed by atoms with Gasteiger partial charge in [0.15, 0.2) is 5.82 Å². The van der Waals surface area contributed by atoms with Gasteiger partial charge < -0.3 is 24.4 Å². The Morgan fingerprint density at radius 3 is 2.61 bits per heavy atom. The van der Waals surface area contributed by atoms with E-state index in [-0.39, 0.29) is 24.4 Å². The number of rotatable bonds is 12. The maximum Gasteiger partial charge on any atom is 0.254 e. The van der Waals surface area contributed by atoms with E-state index in [1.165, 1.54) is 4.90 Å². The highest BCUT2D eigenvalue weighted by molar-refractivity contribution is 5.99. The molecular formula is C23H35N4O4+. The summed E-state index contributed by atoms with van der Waals surface area (Å²) in [7, 11) is 1.56. The number of hydrogen-bond acceptors (Lipinski definition) is 5. The van der Waals surface area contributed by atoms with E-state index >= 15 is 0 Å². The number of carbonyl (C=O) groups is 2. The third kappa shape index (κ3) is 7.40. The summed E-state index contributed by atoms with van der Waals surface area (Å²) in [5.41, 5.74) is 0.491. The van der Waals surface area contributed by atoms with E-state index < -0.39 is 0 Å². The molecule has 2 aromatic rings. The minimum Gasteiger partial charge on any atom is -0.497 e. The molecular weight excluding hydrogens is 396 g/mol. The lowest BCUT2D eigenvalue weighted by Crippen LogP contribution is -3.11. The number of methoxy groups -OCH3 is 1. The molecule has 2 rings (SSSR count). The summed E-state index contributed by atoms with van der Waals surface area (Å²) in [6.45, 7) is 11.2. The lowest BCUT2D eigenvalue weighted by Gasteiger charge is -2.29. The van der Waals surface area contributed by atoms with Gasteiger partial charge in [0.25, 0.3) is 5.91 Å². The van der Waals surface area contributed by atoms with Crippen LogP contribution >= 0.6 is 0 Å². The van der Waals surface area contributed by atoms with Gasteiger partial charge in [0, 0.05) is 17.7 Å². The maximum absolute atomic E-state index is 13.3. The Morgan fingerprint density at radius 1 is 1.26 bits per heavy atom. The van der Waals surface area contributed by atoms with Crippen molar-refractivity contribution in [1.29, 1.82) is 0 Å². The van der Waals surface area contributed by atoms with Crippen molar-refractivity contribution in [3.05, 3.63) is 41.7 Å². The van der Waals surface area contributed by atoms with E-state index in [0.717, 1.165) is 32.5 Å². The van der Waals surface area contributed by atoms with Crippen LogP contribution in [-0.4, -0.2) is 61.2 Å². The molecule has 0 aliphatic rings. The molecule has 1 atom stereocenters. The van der Waals surface area contributed by atoms with Gasteiger partial charge in [-0.2, -0.15) is 0 Å². The molecule has 1 aromatic carbocycles. The number of amides is 2. The number of quaternary nitrogens is 1. The third-order valence-electron chi connectivity index (χ3n) is 5.47. The van der Waals surface area contributed by atoms with Crippen LogP contribution in [-0.2, 0) is 4.79 Å². The number of hydrogen-bond donors (Lipinski definition) is 2. The van der Waals surface area contributed by atoms with E-state index in [9.17, 15) is 9.59 Å². The standard InChI is InChI=1S/C23H34N4O4/c1-6-26(7-2)13-9-10-17(3)27(16-22(28)24-21-14-18(4)31-25-21)23(29)19-11-8-12-20(15-19)30-5/h8,11-12,14-15,17H,6-7,9-10,13,16H2,1-5H3,(H,24,25,28)/p+1/t17-/m1/s1. The van der Waals surface area contributed by atoms with Crippen LogP contribution in [0.1, 0.15) is 49.7 Å². The molecule has 31 heavy (non-hydrogen) atoms. The molecule has 0 spiro atoms. The predicted molar refractivity (Wildman–Crippen MR) is 120 cm³/mol. The van der Waals surface area contributed by atoms with E-state index in [4.69, 9.17) is 9.26 Å². The molecule has 0 unspecified atom stereocenters. The first-order chi connectivity index (χ1) is 14.9. The average molecular weight is 432 g/mol. The second-order valence-electron chi connectivity index (χ2n) is 7.73. The third-order valence-corrected chi connectivity index (χ3v) is 5.47. The summed E-state index contributed by atoms with van der Waals surface area (Å²) in [6, 6.07) is 8.54. The lowest BCUT2D eigenvalue weighted by atomic mass is 10.1. The number of anilines is 1. The van der Waals surface area contributed by atoms with Crippen LogP contribution in [0.4, 0.5) is 5.82 Å². The maximum atomic E-state index is 13.3. The van der Waals surface area contributed by atoms with Gasteiger partial charge in [-0.15, -0.1) is 0 Å². The Labute approximate surface area is 184 Å². The predicted octanol–water partition coefficient (Wildman–Crippen LogP) is 2.17. The van der Waals surface area contributed by atoms with Crippen LogP contribution in [0.5, 0.6) is 5.75 Å². The zero-order valence-corrected chi connectivity index (χ0v) is 19.2. The SMILES string of the molecule is CC[NH+](CC)CCC[C@@H](C)N(CC(=O)Nc1cc(C)on1)C(=O)c1cccc(OC)c1. The molecule has 0 aliphatic heterocycles. The van der Waals surface area contributed by atoms with Crippen molar-refractivity contribution in [3.63, 3.8) is 0 Å². The number of carbonyl (C=O) groups excluding carboxylic acids is 2. The van der Waals surface area contributed by atoms with Crippen LogP contribution in [0.15, 0.2) is 34.9 Å². The van der Waals surface area contributed by atoms with Crippen LogP contribution in [0.3, 0.4) is 0 Å². The quantitative estimate of drug-likeness (QED) is 0.538. The van der Waals surface area contributed by atoms with Gasteiger partial charge in [0.1, 0.15) is 18.1 Å². The van der Waals surface area contributed by atoms with Crippen molar-refractivity contribution >= 4 is 17.6 Å². The first-order valence-corrected chi connectivity index (χ1v) is 10.9. The number of nitrogens with zero attached hydrogens (tertiary/aromatic N) is 2. The van der Waals surface area contributed by atoms with Gasteiger partial charge in [0.05, 0.1) is 26.7 Å². The molecule has 8 heteroatoms. The Kier molecular flexibility index (Phi) is 9.52. The Balaban J connectivity index is 2.12. The smallest absolute Gasteiger partial charge is 0.254 e. The summed E-state index contributed by atoms with van der Waals surface area (Å²) in [5, 5.41) is 6.49. The van der Waals surface area contributed by atoms with Crippen LogP contribution in [0.25, 0.3) is 0 Å². The van der Waals surface area contributed by atoms with E-state index in [0.29, 0.717) is 22.9 Å². The van der Waals surface area contributed by atoms with E-state index in [1.54, 1.807) is 49.3 Å². The Hall–Kier alpha value is -2.87. The van der Waals surface area contributed by atoms with Gasteiger partial charge >= 0.3 is 0 Å². The molecule has 0 bridgehead atoms. The zero-order valence-electron chi connectivity index (χ0n) is 19.2. The molecule has 0 fully saturated rings. The average Bonchev–Trinajstić information content (AvgIpc) is 3.18. The Morgan fingerprint density at radius 2 is 2.00 bits per heavy atom. The van der Waals surface area contributed by atoms with Crippen LogP contribution in [0, 0.1) is 6.92 Å². The highest BCUT2D eigenvalue weighted by atomic mass is 16.5. The molecule has 2 N–H and O–H groups in total. The van der Waals surface area contributed by atoms with Gasteiger partial charge in [-0.25, -0.2) is 0 Å². The zero-order chi connectivity index (χ0) is 22.8. The van der Waals surface area contributed by atoms with Gasteiger partial charge in [0.2, 0.25) is 5.91 Å². The second-order valence-corrected chi connectivity index (χ2v) is 7.73. The highest BCUT2D eigenvalue weighted by Crippen LogP contribution is 2.17. The molecule has 0 aliphatic carbocycles. The fraction of sp³-hybridized carbons (Fsp3) is 0.522. The molecule has 2 amide bonds. The second kappa shape index (κ2) is 12.1. The minimum atomic E-state index is -0.314. The summed E-state index contributed by atoms with van der Waals surface area (Å²) >= 11 is 0. The first kappa shape index (κ1) is 24.4. The molecule has 1 aromatic heterocycles. The summed E-state index contributed by atoms with van der Waals surface area (Å²) in [6.07, 6.45) is 1.79. The molecule has 8 nitrogen and oxygen atoms in total. The van der Waals surface area contributed by atoms with E-state index in [2.05, 4.69) is 24.3 Å². The molecule has 0 saturated carbocycles. The van der Waals surface area contributed by atoms with Crippen molar-refractivity contribution in [2.75, 3.05) is 38.6 Å². The van der Waals surface area contributed by atoms with Gasteiger partial charge in [-0.05, 0) is 58.7 Å². The lowest BCUT2D eigenvalue weighted by molar-refractivity contribution is -0.896. The number of ether oxygens (including phenoxy) is 1. The largest absolute Gasteiger partial charge is 0.497 e. The fourth-order valence-electron chi connectivity index (χ4n) is 3.52. The number of aromatic nitrogens is 1. The first-order valence-electron chi connectivity index (χ1n) is 10.9. The summed E-state index contributed by atoms with van der Waals surface area (Å²) in [5.74, 6) is 1.03. The molecule has 0 radical (unpaired) electrons. The van der Waals surface area contributed by atoms with Gasteiger partial charge in [-0.1, -0.05) is 11.2 Å². The van der Waals surface area contributed by atoms with Gasteiger partial charge in [-0.3, -0.25) is 9.59 Å². The molecule has 1 heterocycles. The van der Waals surface area contributed by atoms with Crippen molar-refractivity contribution < 1.29 is 23.7 Å². The monoisotopic (exact) mass is 431 g/mol. The fourth-order valence-corrected chi connectivity index (χ4v) is 3.52. The molecule has 0 saturated heterocycles. The topological polar surface area (TPSA) is 89.1 Å². The summed E-state index contributed by atoms with van der Waals surface area (Å²) in [4.78, 5) is 29.1. The highest BCUT2D eigenvalue weighted by Gasteiger charge is 2.25. The number of nitrogens with one attached hydrogen (secondary N) is 2. The van der Waals surface area contributed by atoms with Crippen molar-refractivity contribution in [3.8, 4) is 5.75 Å². The number of aryl methyl sites for hydroxylation is 1. The normalized spacial score (nSPS) is 11.9. The Bertz CT molecular complexity index is 848. The molecule has 170 valence electrons.